The average molecular weight is 222 g/mol. The molecule has 2 N–H and O–H groups in total. The molecule has 1 aromatic heterocycles. The van der Waals surface area contributed by atoms with E-state index in [4.69, 9.17) is 5.73 Å². The van der Waals surface area contributed by atoms with Crippen LogP contribution in [0, 0.1) is 6.92 Å². The van der Waals surface area contributed by atoms with Gasteiger partial charge >= 0.3 is 0 Å². The van der Waals surface area contributed by atoms with E-state index in [1.165, 1.54) is 29.9 Å². The van der Waals surface area contributed by atoms with Crippen molar-refractivity contribution in [2.75, 3.05) is 18.1 Å². The van der Waals surface area contributed by atoms with Crippen molar-refractivity contribution < 1.29 is 0 Å². The molecule has 2 rings (SSSR count). The van der Waals surface area contributed by atoms with E-state index < -0.39 is 0 Å². The Hall–Kier alpha value is -0.540. The van der Waals surface area contributed by atoms with Crippen molar-refractivity contribution in [2.24, 2.45) is 5.73 Å². The third-order valence-corrected chi connectivity index (χ3v) is 4.35. The molecular weight excluding hydrogens is 204 g/mol. The minimum atomic E-state index is 0.200. The lowest BCUT2D eigenvalue weighted by Gasteiger charge is -2.36. The monoisotopic (exact) mass is 222 g/mol. The van der Waals surface area contributed by atoms with Gasteiger partial charge in [-0.25, -0.2) is 0 Å². The Balaban J connectivity index is 2.28. The van der Waals surface area contributed by atoms with Crippen LogP contribution in [0.5, 0.6) is 0 Å². The zero-order valence-electron chi connectivity index (χ0n) is 9.20. The van der Waals surface area contributed by atoms with E-state index >= 15 is 0 Å². The Bertz CT molecular complexity index is 315. The van der Waals surface area contributed by atoms with Crippen molar-refractivity contribution >= 4 is 11.8 Å². The summed E-state index contributed by atoms with van der Waals surface area (Å²) >= 11 is 2.03. The van der Waals surface area contributed by atoms with Crippen molar-refractivity contribution in [1.82, 2.24) is 4.98 Å². The second-order valence-corrected chi connectivity index (χ2v) is 5.51. The highest BCUT2D eigenvalue weighted by atomic mass is 32.2. The SMILES string of the molecule is Cc1ccc(C2(CN)CCSCC2)cn1. The molecule has 1 aromatic rings. The van der Waals surface area contributed by atoms with Crippen LogP contribution < -0.4 is 5.73 Å². The van der Waals surface area contributed by atoms with Crippen LogP contribution in [-0.2, 0) is 5.41 Å². The van der Waals surface area contributed by atoms with Crippen LogP contribution in [0.15, 0.2) is 18.3 Å². The molecule has 0 saturated carbocycles. The average Bonchev–Trinajstić information content (AvgIpc) is 2.31. The van der Waals surface area contributed by atoms with Crippen LogP contribution >= 0.6 is 11.8 Å². The molecule has 1 fully saturated rings. The van der Waals surface area contributed by atoms with Gasteiger partial charge in [0.05, 0.1) is 0 Å². The van der Waals surface area contributed by atoms with Crippen LogP contribution in [0.3, 0.4) is 0 Å². The van der Waals surface area contributed by atoms with Gasteiger partial charge in [-0.05, 0) is 42.9 Å². The minimum Gasteiger partial charge on any atom is -0.330 e. The number of aromatic nitrogens is 1. The summed E-state index contributed by atoms with van der Waals surface area (Å²) in [6.45, 7) is 2.77. The fourth-order valence-electron chi connectivity index (χ4n) is 2.15. The molecule has 15 heavy (non-hydrogen) atoms. The number of aryl methyl sites for hydroxylation is 1. The summed E-state index contributed by atoms with van der Waals surface area (Å²) < 4.78 is 0. The molecule has 0 spiro atoms. The molecule has 0 atom stereocenters. The van der Waals surface area contributed by atoms with Crippen LogP contribution in [-0.4, -0.2) is 23.0 Å². The van der Waals surface area contributed by atoms with Gasteiger partial charge in [0.25, 0.3) is 0 Å². The summed E-state index contributed by atoms with van der Waals surface area (Å²) in [5, 5.41) is 0. The Morgan fingerprint density at radius 2 is 2.13 bits per heavy atom. The number of rotatable bonds is 2. The Morgan fingerprint density at radius 1 is 1.40 bits per heavy atom. The van der Waals surface area contributed by atoms with Gasteiger partial charge in [0.1, 0.15) is 0 Å². The summed E-state index contributed by atoms with van der Waals surface area (Å²) in [4.78, 5) is 4.38. The third-order valence-electron chi connectivity index (χ3n) is 3.36. The lowest BCUT2D eigenvalue weighted by atomic mass is 9.76. The molecule has 82 valence electrons. The van der Waals surface area contributed by atoms with Crippen LogP contribution in [0.2, 0.25) is 0 Å². The second kappa shape index (κ2) is 4.54. The summed E-state index contributed by atoms with van der Waals surface area (Å²) in [6, 6.07) is 4.29. The van der Waals surface area contributed by atoms with E-state index in [1.54, 1.807) is 0 Å². The van der Waals surface area contributed by atoms with Crippen molar-refractivity contribution in [3.63, 3.8) is 0 Å². The highest BCUT2D eigenvalue weighted by molar-refractivity contribution is 7.99. The Kier molecular flexibility index (Phi) is 3.32. The summed E-state index contributed by atoms with van der Waals surface area (Å²) in [5.74, 6) is 2.45. The van der Waals surface area contributed by atoms with Crippen molar-refractivity contribution in [3.05, 3.63) is 29.6 Å². The first kappa shape index (κ1) is 11.0. The number of hydrogen-bond acceptors (Lipinski definition) is 3. The van der Waals surface area contributed by atoms with E-state index in [9.17, 15) is 0 Å². The topological polar surface area (TPSA) is 38.9 Å². The largest absolute Gasteiger partial charge is 0.330 e. The lowest BCUT2D eigenvalue weighted by Crippen LogP contribution is -2.38. The maximum absolute atomic E-state index is 5.97. The van der Waals surface area contributed by atoms with Gasteiger partial charge in [-0.15, -0.1) is 0 Å². The first-order valence-corrected chi connectivity index (χ1v) is 6.63. The van der Waals surface area contributed by atoms with Gasteiger partial charge in [0, 0.05) is 23.9 Å². The minimum absolute atomic E-state index is 0.200. The van der Waals surface area contributed by atoms with Crippen LogP contribution in [0.1, 0.15) is 24.1 Å². The molecule has 2 heterocycles. The van der Waals surface area contributed by atoms with Crippen molar-refractivity contribution in [3.8, 4) is 0 Å². The summed E-state index contributed by atoms with van der Waals surface area (Å²) in [7, 11) is 0. The predicted octanol–water partition coefficient (Wildman–Crippen LogP) is 2.11. The normalized spacial score (nSPS) is 20.1. The molecule has 0 amide bonds. The van der Waals surface area contributed by atoms with Gasteiger partial charge in [0.15, 0.2) is 0 Å². The quantitative estimate of drug-likeness (QED) is 0.833. The van der Waals surface area contributed by atoms with Crippen molar-refractivity contribution in [2.45, 2.75) is 25.2 Å². The molecule has 1 saturated heterocycles. The van der Waals surface area contributed by atoms with Gasteiger partial charge in [0.2, 0.25) is 0 Å². The third kappa shape index (κ3) is 2.18. The van der Waals surface area contributed by atoms with Gasteiger partial charge < -0.3 is 5.73 Å². The number of nitrogens with zero attached hydrogens (tertiary/aromatic N) is 1. The molecule has 1 aliphatic heterocycles. The molecule has 0 bridgehead atoms. The maximum Gasteiger partial charge on any atom is 0.0372 e. The van der Waals surface area contributed by atoms with E-state index in [2.05, 4.69) is 17.1 Å². The first-order chi connectivity index (χ1) is 7.27. The molecule has 2 nitrogen and oxygen atoms in total. The number of nitrogens with two attached hydrogens (primary N) is 1. The molecular formula is C12H18N2S. The van der Waals surface area contributed by atoms with Crippen LogP contribution in [0.25, 0.3) is 0 Å². The fraction of sp³-hybridized carbons (Fsp3) is 0.583. The van der Waals surface area contributed by atoms with Gasteiger partial charge in [-0.3, -0.25) is 4.98 Å². The molecule has 1 aliphatic rings. The van der Waals surface area contributed by atoms with Gasteiger partial charge in [-0.1, -0.05) is 6.07 Å². The fourth-order valence-corrected chi connectivity index (χ4v) is 3.43. The lowest BCUT2D eigenvalue weighted by molar-refractivity contribution is 0.403. The van der Waals surface area contributed by atoms with Crippen LogP contribution in [0.4, 0.5) is 0 Å². The highest BCUT2D eigenvalue weighted by Gasteiger charge is 2.32. The predicted molar refractivity (Wildman–Crippen MR) is 66.3 cm³/mol. The smallest absolute Gasteiger partial charge is 0.0372 e. The summed E-state index contributed by atoms with van der Waals surface area (Å²) in [6.07, 6.45) is 4.40. The number of hydrogen-bond donors (Lipinski definition) is 1. The second-order valence-electron chi connectivity index (χ2n) is 4.29. The standard InChI is InChI=1S/C12H18N2S/c1-10-2-3-11(8-14-10)12(9-13)4-6-15-7-5-12/h2-3,8H,4-7,9,13H2,1H3. The molecule has 3 heteroatoms. The number of thioether (sulfide) groups is 1. The number of pyridine rings is 1. The van der Waals surface area contributed by atoms with Crippen molar-refractivity contribution in [1.29, 1.82) is 0 Å². The Morgan fingerprint density at radius 3 is 2.67 bits per heavy atom. The zero-order valence-corrected chi connectivity index (χ0v) is 10.0. The Labute approximate surface area is 95.7 Å². The zero-order chi connectivity index (χ0) is 10.7. The van der Waals surface area contributed by atoms with Gasteiger partial charge in [-0.2, -0.15) is 11.8 Å². The summed E-state index contributed by atoms with van der Waals surface area (Å²) in [5.41, 5.74) is 8.58. The molecule has 0 aliphatic carbocycles. The van der Waals surface area contributed by atoms with E-state index in [-0.39, 0.29) is 5.41 Å². The van der Waals surface area contributed by atoms with E-state index in [0.717, 1.165) is 12.2 Å². The van der Waals surface area contributed by atoms with E-state index in [1.807, 2.05) is 24.9 Å². The highest BCUT2D eigenvalue weighted by Crippen LogP contribution is 2.37. The molecule has 0 aromatic carbocycles. The molecule has 0 unspecified atom stereocenters. The first-order valence-electron chi connectivity index (χ1n) is 5.48. The maximum atomic E-state index is 5.97. The van der Waals surface area contributed by atoms with E-state index in [0.29, 0.717) is 0 Å². The molecule has 0 radical (unpaired) electrons.